The average molecular weight is 344 g/mol. The molecule has 0 bridgehead atoms. The number of benzene rings is 2. The van der Waals surface area contributed by atoms with Crippen LogP contribution in [0.3, 0.4) is 0 Å². The maximum atomic E-state index is 13.1. The second kappa shape index (κ2) is 5.66. The molecule has 3 heterocycles. The van der Waals surface area contributed by atoms with Crippen molar-refractivity contribution in [2.24, 2.45) is 0 Å². The van der Waals surface area contributed by atoms with Gasteiger partial charge in [-0.1, -0.05) is 18.2 Å². The van der Waals surface area contributed by atoms with Crippen LogP contribution in [0.25, 0.3) is 27.8 Å². The van der Waals surface area contributed by atoms with E-state index < -0.39 is 0 Å². The number of aromatic amines is 1. The minimum atomic E-state index is -0.282. The van der Waals surface area contributed by atoms with Crippen LogP contribution < -0.4 is 5.32 Å². The van der Waals surface area contributed by atoms with Gasteiger partial charge in [-0.3, -0.25) is 5.10 Å². The van der Waals surface area contributed by atoms with Crippen molar-refractivity contribution >= 4 is 28.2 Å². The van der Waals surface area contributed by atoms with Gasteiger partial charge in [0.25, 0.3) is 0 Å². The van der Waals surface area contributed by atoms with Crippen molar-refractivity contribution in [2.75, 3.05) is 5.32 Å². The minimum Gasteiger partial charge on any atom is -0.323 e. The third-order valence-electron chi connectivity index (χ3n) is 4.20. The first-order valence-corrected chi connectivity index (χ1v) is 8.08. The van der Waals surface area contributed by atoms with Crippen LogP contribution in [-0.4, -0.2) is 24.8 Å². The standard InChI is InChI=1S/C19H13FN6/c20-14-6-8-15(9-7-14)22-19-23-18-3-1-2-17(26(18)25-19)12-4-5-13-11-21-24-16(13)10-12/h1-11H,(H,21,24)(H,22,25). The minimum absolute atomic E-state index is 0.282. The molecule has 2 N–H and O–H groups in total. The van der Waals surface area contributed by atoms with Gasteiger partial charge in [0.2, 0.25) is 5.95 Å². The molecule has 26 heavy (non-hydrogen) atoms. The van der Waals surface area contributed by atoms with Crippen molar-refractivity contribution in [1.82, 2.24) is 24.8 Å². The number of nitrogens with one attached hydrogen (secondary N) is 2. The number of anilines is 2. The quantitative estimate of drug-likeness (QED) is 0.516. The van der Waals surface area contributed by atoms with Crippen LogP contribution in [0.5, 0.6) is 0 Å². The van der Waals surface area contributed by atoms with Gasteiger partial charge in [-0.05, 0) is 42.5 Å². The predicted molar refractivity (Wildman–Crippen MR) is 97.8 cm³/mol. The Labute approximate surface area is 147 Å². The van der Waals surface area contributed by atoms with Gasteiger partial charge in [-0.25, -0.2) is 8.91 Å². The van der Waals surface area contributed by atoms with E-state index in [0.29, 0.717) is 5.95 Å². The number of fused-ring (bicyclic) bond motifs is 2. The van der Waals surface area contributed by atoms with Gasteiger partial charge in [0.15, 0.2) is 5.65 Å². The summed E-state index contributed by atoms with van der Waals surface area (Å²) in [5.74, 6) is 0.168. The molecule has 0 aliphatic heterocycles. The van der Waals surface area contributed by atoms with Gasteiger partial charge in [-0.2, -0.15) is 10.1 Å². The highest BCUT2D eigenvalue weighted by Crippen LogP contribution is 2.25. The zero-order valence-electron chi connectivity index (χ0n) is 13.5. The van der Waals surface area contributed by atoms with Crippen LogP contribution in [0.15, 0.2) is 66.9 Å². The SMILES string of the molecule is Fc1ccc(Nc2nc3cccc(-c4ccc5cn[nH]c5c4)n3n2)cc1. The molecule has 0 aliphatic carbocycles. The topological polar surface area (TPSA) is 70.9 Å². The van der Waals surface area contributed by atoms with E-state index in [-0.39, 0.29) is 5.82 Å². The molecule has 2 aromatic carbocycles. The van der Waals surface area contributed by atoms with Gasteiger partial charge in [-0.15, -0.1) is 5.10 Å². The highest BCUT2D eigenvalue weighted by atomic mass is 19.1. The zero-order valence-corrected chi connectivity index (χ0v) is 13.5. The third kappa shape index (κ3) is 2.46. The Morgan fingerprint density at radius 2 is 1.88 bits per heavy atom. The molecule has 0 atom stereocenters. The Hall–Kier alpha value is -3.74. The lowest BCUT2D eigenvalue weighted by molar-refractivity contribution is 0.628. The number of halogens is 1. The first-order valence-electron chi connectivity index (χ1n) is 8.08. The van der Waals surface area contributed by atoms with Gasteiger partial charge >= 0.3 is 0 Å². The number of hydrogen-bond donors (Lipinski definition) is 2. The summed E-state index contributed by atoms with van der Waals surface area (Å²) in [6.45, 7) is 0. The number of aromatic nitrogens is 5. The van der Waals surface area contributed by atoms with Crippen molar-refractivity contribution in [2.45, 2.75) is 0 Å². The molecular formula is C19H13FN6. The van der Waals surface area contributed by atoms with Crippen molar-refractivity contribution in [1.29, 1.82) is 0 Å². The summed E-state index contributed by atoms with van der Waals surface area (Å²) in [4.78, 5) is 4.50. The Morgan fingerprint density at radius 1 is 1.00 bits per heavy atom. The van der Waals surface area contributed by atoms with E-state index in [9.17, 15) is 4.39 Å². The van der Waals surface area contributed by atoms with Crippen LogP contribution in [0.2, 0.25) is 0 Å². The fraction of sp³-hybridized carbons (Fsp3) is 0. The lowest BCUT2D eigenvalue weighted by Crippen LogP contribution is -1.95. The van der Waals surface area contributed by atoms with Gasteiger partial charge < -0.3 is 5.32 Å². The second-order valence-corrected chi connectivity index (χ2v) is 5.92. The number of pyridine rings is 1. The summed E-state index contributed by atoms with van der Waals surface area (Å²) in [7, 11) is 0. The molecule has 3 aromatic heterocycles. The predicted octanol–water partition coefficient (Wildman–Crippen LogP) is 4.16. The van der Waals surface area contributed by atoms with Crippen LogP contribution in [0.1, 0.15) is 0 Å². The second-order valence-electron chi connectivity index (χ2n) is 5.92. The van der Waals surface area contributed by atoms with Crippen LogP contribution >= 0.6 is 0 Å². The average Bonchev–Trinajstić information content (AvgIpc) is 3.28. The Balaban J connectivity index is 1.58. The van der Waals surface area contributed by atoms with E-state index in [0.717, 1.165) is 33.5 Å². The number of hydrogen-bond acceptors (Lipinski definition) is 4. The molecule has 0 fully saturated rings. The largest absolute Gasteiger partial charge is 0.323 e. The maximum absolute atomic E-state index is 13.1. The Kier molecular flexibility index (Phi) is 3.18. The Morgan fingerprint density at radius 3 is 2.77 bits per heavy atom. The molecule has 5 aromatic rings. The first kappa shape index (κ1) is 14.6. The van der Waals surface area contributed by atoms with Crippen molar-refractivity contribution in [3.63, 3.8) is 0 Å². The highest BCUT2D eigenvalue weighted by molar-refractivity contribution is 5.83. The molecule has 0 amide bonds. The van der Waals surface area contributed by atoms with E-state index in [4.69, 9.17) is 0 Å². The Bertz CT molecular complexity index is 1220. The number of rotatable bonds is 3. The van der Waals surface area contributed by atoms with E-state index in [1.165, 1.54) is 12.1 Å². The van der Waals surface area contributed by atoms with E-state index in [1.807, 2.05) is 36.4 Å². The molecular weight excluding hydrogens is 331 g/mol. The van der Waals surface area contributed by atoms with Crippen molar-refractivity contribution < 1.29 is 4.39 Å². The zero-order chi connectivity index (χ0) is 17.5. The molecule has 0 spiro atoms. The van der Waals surface area contributed by atoms with Crippen molar-refractivity contribution in [3.8, 4) is 11.3 Å². The van der Waals surface area contributed by atoms with Crippen LogP contribution in [0.4, 0.5) is 16.0 Å². The van der Waals surface area contributed by atoms with Crippen LogP contribution in [-0.2, 0) is 0 Å². The summed E-state index contributed by atoms with van der Waals surface area (Å²) in [6, 6.07) is 18.0. The fourth-order valence-electron chi connectivity index (χ4n) is 2.94. The smallest absolute Gasteiger partial charge is 0.247 e. The molecule has 0 aliphatic rings. The molecule has 0 saturated heterocycles. The van der Waals surface area contributed by atoms with Crippen LogP contribution in [0, 0.1) is 5.82 Å². The van der Waals surface area contributed by atoms with Crippen molar-refractivity contribution in [3.05, 3.63) is 72.7 Å². The summed E-state index contributed by atoms with van der Waals surface area (Å²) in [5.41, 5.74) is 4.33. The van der Waals surface area contributed by atoms with Gasteiger partial charge in [0, 0.05) is 16.6 Å². The molecule has 6 nitrogen and oxygen atoms in total. The lowest BCUT2D eigenvalue weighted by Gasteiger charge is -2.04. The summed E-state index contributed by atoms with van der Waals surface area (Å²) < 4.78 is 14.8. The number of H-pyrrole nitrogens is 1. The van der Waals surface area contributed by atoms with E-state index >= 15 is 0 Å². The monoisotopic (exact) mass is 344 g/mol. The van der Waals surface area contributed by atoms with E-state index in [1.54, 1.807) is 22.8 Å². The summed E-state index contributed by atoms with van der Waals surface area (Å²) in [5, 5.41) is 15.7. The van der Waals surface area contributed by atoms with E-state index in [2.05, 4.69) is 25.6 Å². The van der Waals surface area contributed by atoms with Gasteiger partial charge in [0.1, 0.15) is 5.82 Å². The fourth-order valence-corrected chi connectivity index (χ4v) is 2.94. The molecule has 5 rings (SSSR count). The summed E-state index contributed by atoms with van der Waals surface area (Å²) >= 11 is 0. The maximum Gasteiger partial charge on any atom is 0.247 e. The molecule has 0 saturated carbocycles. The normalized spacial score (nSPS) is 11.3. The molecule has 7 heteroatoms. The highest BCUT2D eigenvalue weighted by Gasteiger charge is 2.10. The van der Waals surface area contributed by atoms with Gasteiger partial charge in [0.05, 0.1) is 17.4 Å². The molecule has 0 radical (unpaired) electrons. The number of nitrogens with zero attached hydrogens (tertiary/aromatic N) is 4. The lowest BCUT2D eigenvalue weighted by atomic mass is 10.1. The summed E-state index contributed by atoms with van der Waals surface area (Å²) in [6.07, 6.45) is 1.79. The molecule has 0 unspecified atom stereocenters. The third-order valence-corrected chi connectivity index (χ3v) is 4.20. The first-order chi connectivity index (χ1) is 12.8. The molecule has 126 valence electrons.